The summed E-state index contributed by atoms with van der Waals surface area (Å²) in [5, 5.41) is 22.4. The molecule has 8 N–H and O–H groups in total. The number of hydrogen-bond donors (Lipinski definition) is 6. The third kappa shape index (κ3) is 7.38. The average Bonchev–Trinajstić information content (AvgIpc) is 2.53. The van der Waals surface area contributed by atoms with E-state index in [4.69, 9.17) is 21.7 Å². The fraction of sp³-hybridized carbons (Fsp3) is 0.714. The summed E-state index contributed by atoms with van der Waals surface area (Å²) in [4.78, 5) is 45.9. The Hall–Kier alpha value is -2.20. The van der Waals surface area contributed by atoms with E-state index in [0.29, 0.717) is 6.42 Å². The predicted octanol–water partition coefficient (Wildman–Crippen LogP) is -2.33. The van der Waals surface area contributed by atoms with Crippen LogP contribution in [-0.2, 0) is 19.2 Å². The molecule has 0 aromatic carbocycles. The largest absolute Gasteiger partial charge is 0.480 e. The molecule has 0 spiro atoms. The topological polar surface area (TPSA) is 185 Å². The van der Waals surface area contributed by atoms with Gasteiger partial charge in [0.1, 0.15) is 12.1 Å². The maximum Gasteiger partial charge on any atom is 0.328 e. The van der Waals surface area contributed by atoms with E-state index in [1.807, 2.05) is 0 Å². The van der Waals surface area contributed by atoms with Gasteiger partial charge in [-0.25, -0.2) is 4.79 Å². The van der Waals surface area contributed by atoms with Gasteiger partial charge in [-0.2, -0.15) is 0 Å². The normalized spacial score (nSPS) is 15.7. The first kappa shape index (κ1) is 21.8. The summed E-state index contributed by atoms with van der Waals surface area (Å²) in [6.07, 6.45) is 0.497. The van der Waals surface area contributed by atoms with Crippen LogP contribution in [0.2, 0.25) is 0 Å². The van der Waals surface area contributed by atoms with Gasteiger partial charge in [0.25, 0.3) is 0 Å². The highest BCUT2D eigenvalue weighted by Crippen LogP contribution is 2.09. The Morgan fingerprint density at radius 3 is 2.12 bits per heavy atom. The Morgan fingerprint density at radius 1 is 1.12 bits per heavy atom. The van der Waals surface area contributed by atoms with Gasteiger partial charge in [0.05, 0.1) is 12.6 Å². The molecule has 24 heavy (non-hydrogen) atoms. The summed E-state index contributed by atoms with van der Waals surface area (Å²) in [6.45, 7) is 2.72. The first-order valence-electron chi connectivity index (χ1n) is 7.62. The minimum Gasteiger partial charge on any atom is -0.480 e. The SMILES string of the molecule is CC[C@H](C)[C@H](NC(=O)[C@@H](N)CCC(N)=O)C(=O)N[C@@H](CO)C(=O)O. The van der Waals surface area contributed by atoms with Gasteiger partial charge in [-0.3, -0.25) is 14.4 Å². The standard InChI is InChI=1S/C14H26N4O6/c1-3-7(2)11(13(22)17-9(6-19)14(23)24)18-12(21)8(15)4-5-10(16)20/h7-9,11,19H,3-6,15H2,1-2H3,(H2,16,20)(H,17,22)(H,18,21)(H,23,24)/t7-,8-,9-,11-/m0/s1. The lowest BCUT2D eigenvalue weighted by atomic mass is 9.97. The number of aliphatic hydroxyl groups excluding tert-OH is 1. The molecule has 10 heteroatoms. The molecule has 0 rings (SSSR count). The second-order valence-corrected chi connectivity index (χ2v) is 5.57. The molecule has 0 bridgehead atoms. The van der Waals surface area contributed by atoms with Crippen LogP contribution < -0.4 is 22.1 Å². The predicted molar refractivity (Wildman–Crippen MR) is 84.4 cm³/mol. The van der Waals surface area contributed by atoms with Gasteiger partial charge in [0, 0.05) is 6.42 Å². The van der Waals surface area contributed by atoms with Crippen molar-refractivity contribution in [3.63, 3.8) is 0 Å². The van der Waals surface area contributed by atoms with E-state index in [0.717, 1.165) is 0 Å². The van der Waals surface area contributed by atoms with E-state index < -0.39 is 48.4 Å². The fourth-order valence-corrected chi connectivity index (χ4v) is 1.84. The molecule has 0 radical (unpaired) electrons. The minimum absolute atomic E-state index is 0.0321. The van der Waals surface area contributed by atoms with Crippen molar-refractivity contribution in [3.05, 3.63) is 0 Å². The van der Waals surface area contributed by atoms with Gasteiger partial charge < -0.3 is 32.3 Å². The van der Waals surface area contributed by atoms with Gasteiger partial charge in [-0.05, 0) is 12.3 Å². The number of aliphatic carboxylic acids is 1. The highest BCUT2D eigenvalue weighted by molar-refractivity contribution is 5.92. The van der Waals surface area contributed by atoms with Crippen LogP contribution in [0.1, 0.15) is 33.1 Å². The number of nitrogens with one attached hydrogen (secondary N) is 2. The summed E-state index contributed by atoms with van der Waals surface area (Å²) >= 11 is 0. The van der Waals surface area contributed by atoms with Crippen molar-refractivity contribution in [2.24, 2.45) is 17.4 Å². The average molecular weight is 346 g/mol. The highest BCUT2D eigenvalue weighted by Gasteiger charge is 2.30. The van der Waals surface area contributed by atoms with E-state index in [1.54, 1.807) is 13.8 Å². The van der Waals surface area contributed by atoms with Gasteiger partial charge in [0.2, 0.25) is 17.7 Å². The van der Waals surface area contributed by atoms with Crippen LogP contribution in [-0.4, -0.2) is 58.6 Å². The zero-order valence-electron chi connectivity index (χ0n) is 13.8. The van der Waals surface area contributed by atoms with Crippen molar-refractivity contribution < 1.29 is 29.4 Å². The lowest BCUT2D eigenvalue weighted by Gasteiger charge is -2.26. The number of carbonyl (C=O) groups excluding carboxylic acids is 3. The number of rotatable bonds is 11. The molecular formula is C14H26N4O6. The Balaban J connectivity index is 4.94. The summed E-state index contributed by atoms with van der Waals surface area (Å²) in [5.41, 5.74) is 10.6. The maximum atomic E-state index is 12.2. The van der Waals surface area contributed by atoms with E-state index >= 15 is 0 Å². The molecule has 0 aliphatic rings. The molecule has 3 amide bonds. The number of amides is 3. The molecule has 4 atom stereocenters. The first-order valence-corrected chi connectivity index (χ1v) is 7.62. The van der Waals surface area contributed by atoms with Gasteiger partial charge in [0.15, 0.2) is 0 Å². The molecule has 0 aliphatic carbocycles. The molecule has 10 nitrogen and oxygen atoms in total. The molecule has 0 heterocycles. The lowest BCUT2D eigenvalue weighted by molar-refractivity contribution is -0.143. The molecule has 0 saturated carbocycles. The Morgan fingerprint density at radius 2 is 1.71 bits per heavy atom. The monoisotopic (exact) mass is 346 g/mol. The van der Waals surface area contributed by atoms with E-state index in [1.165, 1.54) is 0 Å². The third-order valence-electron chi connectivity index (χ3n) is 3.63. The molecular weight excluding hydrogens is 320 g/mol. The van der Waals surface area contributed by atoms with E-state index in [2.05, 4.69) is 10.6 Å². The second kappa shape index (κ2) is 10.6. The molecule has 0 unspecified atom stereocenters. The zero-order chi connectivity index (χ0) is 18.9. The van der Waals surface area contributed by atoms with Gasteiger partial charge in [-0.1, -0.05) is 20.3 Å². The Bertz CT molecular complexity index is 470. The number of aliphatic hydroxyl groups is 1. The van der Waals surface area contributed by atoms with Crippen LogP contribution in [0.3, 0.4) is 0 Å². The summed E-state index contributed by atoms with van der Waals surface area (Å²) < 4.78 is 0. The number of nitrogens with two attached hydrogens (primary N) is 2. The zero-order valence-corrected chi connectivity index (χ0v) is 13.8. The minimum atomic E-state index is -1.47. The number of hydrogen-bond acceptors (Lipinski definition) is 6. The quantitative estimate of drug-likeness (QED) is 0.242. The number of carboxylic acids is 1. The molecule has 0 aliphatic heterocycles. The van der Waals surface area contributed by atoms with E-state index in [9.17, 15) is 19.2 Å². The Kier molecular flexibility index (Phi) is 9.58. The van der Waals surface area contributed by atoms with Crippen LogP contribution >= 0.6 is 0 Å². The van der Waals surface area contributed by atoms with Crippen LogP contribution in [0.4, 0.5) is 0 Å². The van der Waals surface area contributed by atoms with Crippen LogP contribution in [0.25, 0.3) is 0 Å². The Labute approximate surface area is 139 Å². The van der Waals surface area contributed by atoms with Crippen molar-refractivity contribution in [1.29, 1.82) is 0 Å². The molecule has 0 aromatic rings. The van der Waals surface area contributed by atoms with Crippen molar-refractivity contribution in [2.45, 2.75) is 51.2 Å². The molecule has 0 fully saturated rings. The lowest BCUT2D eigenvalue weighted by Crippen LogP contribution is -2.57. The highest BCUT2D eigenvalue weighted by atomic mass is 16.4. The summed E-state index contributed by atoms with van der Waals surface area (Å²) in [5.74, 6) is -3.67. The molecule has 0 aromatic heterocycles. The fourth-order valence-electron chi connectivity index (χ4n) is 1.84. The van der Waals surface area contributed by atoms with Crippen molar-refractivity contribution in [2.75, 3.05) is 6.61 Å². The van der Waals surface area contributed by atoms with Crippen molar-refractivity contribution in [1.82, 2.24) is 10.6 Å². The van der Waals surface area contributed by atoms with Crippen LogP contribution in [0.15, 0.2) is 0 Å². The summed E-state index contributed by atoms with van der Waals surface area (Å²) in [6, 6.07) is -3.51. The number of carbonyl (C=O) groups is 4. The first-order chi connectivity index (χ1) is 11.1. The maximum absolute atomic E-state index is 12.2. The number of primary amides is 1. The molecule has 138 valence electrons. The third-order valence-corrected chi connectivity index (χ3v) is 3.63. The summed E-state index contributed by atoms with van der Waals surface area (Å²) in [7, 11) is 0. The van der Waals surface area contributed by atoms with Crippen LogP contribution in [0, 0.1) is 5.92 Å². The van der Waals surface area contributed by atoms with Crippen LogP contribution in [0.5, 0.6) is 0 Å². The molecule has 0 saturated heterocycles. The van der Waals surface area contributed by atoms with Gasteiger partial charge >= 0.3 is 5.97 Å². The van der Waals surface area contributed by atoms with Gasteiger partial charge in [-0.15, -0.1) is 0 Å². The smallest absolute Gasteiger partial charge is 0.328 e. The van der Waals surface area contributed by atoms with Crippen molar-refractivity contribution in [3.8, 4) is 0 Å². The second-order valence-electron chi connectivity index (χ2n) is 5.57. The van der Waals surface area contributed by atoms with Crippen molar-refractivity contribution >= 4 is 23.7 Å². The van der Waals surface area contributed by atoms with E-state index in [-0.39, 0.29) is 18.8 Å². The number of carboxylic acid groups (broad SMARTS) is 1.